The Hall–Kier alpha value is -2.75. The maximum Gasteiger partial charge on any atom is 0.329 e. The Balaban J connectivity index is 2.28. The number of aromatic nitrogens is 4. The molecule has 0 radical (unpaired) electrons. The van der Waals surface area contributed by atoms with E-state index in [4.69, 9.17) is 5.84 Å². The number of nitrogens with one attached hydrogen (secondary N) is 2. The molecule has 0 fully saturated rings. The van der Waals surface area contributed by atoms with E-state index in [2.05, 4.69) is 25.8 Å². The van der Waals surface area contributed by atoms with Crippen LogP contribution in [0.4, 0.5) is 17.5 Å². The number of hydrogen-bond acceptors (Lipinski definition) is 8. The highest BCUT2D eigenvalue weighted by Crippen LogP contribution is 2.23. The number of hydrazine groups is 1. The van der Waals surface area contributed by atoms with E-state index in [1.54, 1.807) is 4.68 Å². The number of nitro groups is 1. The van der Waals surface area contributed by atoms with Crippen molar-refractivity contribution in [1.82, 2.24) is 19.7 Å². The van der Waals surface area contributed by atoms with Gasteiger partial charge in [-0.1, -0.05) is 0 Å². The van der Waals surface area contributed by atoms with Crippen LogP contribution in [0.1, 0.15) is 17.0 Å². The highest BCUT2D eigenvalue weighted by atomic mass is 16.6. The molecule has 10 heteroatoms. The summed E-state index contributed by atoms with van der Waals surface area (Å²) in [5, 5.41) is 18.2. The van der Waals surface area contributed by atoms with Crippen LogP contribution >= 0.6 is 0 Å². The third-order valence-electron chi connectivity index (χ3n) is 3.19. The molecule has 0 aliphatic heterocycles. The molecule has 112 valence electrons. The summed E-state index contributed by atoms with van der Waals surface area (Å²) >= 11 is 0. The van der Waals surface area contributed by atoms with Crippen LogP contribution in [0.5, 0.6) is 0 Å². The molecule has 2 aromatic heterocycles. The molecule has 2 rings (SSSR count). The van der Waals surface area contributed by atoms with E-state index in [-0.39, 0.29) is 17.5 Å². The normalized spacial score (nSPS) is 10.5. The van der Waals surface area contributed by atoms with Crippen molar-refractivity contribution in [3.8, 4) is 0 Å². The number of aryl methyl sites for hydroxylation is 2. The molecule has 0 aliphatic rings. The van der Waals surface area contributed by atoms with E-state index in [1.807, 2.05) is 20.9 Å². The summed E-state index contributed by atoms with van der Waals surface area (Å²) in [5.74, 6) is 5.42. The van der Waals surface area contributed by atoms with Crippen molar-refractivity contribution >= 4 is 17.5 Å². The SMILES string of the molecule is Cc1nn(C)c(C)c1CNc1nc(NN)ncc1[N+](=O)[O-]. The van der Waals surface area contributed by atoms with Crippen molar-refractivity contribution in [2.24, 2.45) is 12.9 Å². The second-order valence-electron chi connectivity index (χ2n) is 4.46. The Morgan fingerprint density at radius 2 is 2.19 bits per heavy atom. The van der Waals surface area contributed by atoms with Crippen molar-refractivity contribution in [2.45, 2.75) is 20.4 Å². The van der Waals surface area contributed by atoms with E-state index in [0.717, 1.165) is 23.1 Å². The quantitative estimate of drug-likeness (QED) is 0.414. The first-order chi connectivity index (χ1) is 9.93. The lowest BCUT2D eigenvalue weighted by Gasteiger charge is -2.08. The van der Waals surface area contributed by atoms with Crippen molar-refractivity contribution in [3.05, 3.63) is 33.3 Å². The summed E-state index contributed by atoms with van der Waals surface area (Å²) < 4.78 is 1.76. The van der Waals surface area contributed by atoms with Gasteiger partial charge in [-0.15, -0.1) is 0 Å². The maximum atomic E-state index is 11.0. The van der Waals surface area contributed by atoms with Crippen molar-refractivity contribution in [1.29, 1.82) is 0 Å². The molecule has 0 saturated heterocycles. The Morgan fingerprint density at radius 3 is 2.71 bits per heavy atom. The Kier molecular flexibility index (Phi) is 3.98. The lowest BCUT2D eigenvalue weighted by Crippen LogP contribution is -2.13. The molecule has 10 nitrogen and oxygen atoms in total. The first-order valence-electron chi connectivity index (χ1n) is 6.15. The van der Waals surface area contributed by atoms with Crippen LogP contribution in [0.25, 0.3) is 0 Å². The zero-order valence-electron chi connectivity index (χ0n) is 11.9. The molecule has 0 atom stereocenters. The summed E-state index contributed by atoms with van der Waals surface area (Å²) in [4.78, 5) is 18.1. The van der Waals surface area contributed by atoms with Gasteiger partial charge in [0, 0.05) is 24.8 Å². The third kappa shape index (κ3) is 2.89. The molecule has 21 heavy (non-hydrogen) atoms. The van der Waals surface area contributed by atoms with Gasteiger partial charge in [0.05, 0.1) is 10.6 Å². The van der Waals surface area contributed by atoms with Crippen LogP contribution in [0.2, 0.25) is 0 Å². The van der Waals surface area contributed by atoms with E-state index in [9.17, 15) is 10.1 Å². The van der Waals surface area contributed by atoms with Crippen molar-refractivity contribution < 1.29 is 4.92 Å². The van der Waals surface area contributed by atoms with E-state index < -0.39 is 4.92 Å². The molecule has 0 unspecified atom stereocenters. The fraction of sp³-hybridized carbons (Fsp3) is 0.364. The topological polar surface area (TPSA) is 137 Å². The van der Waals surface area contributed by atoms with Crippen LogP contribution in [0.15, 0.2) is 6.20 Å². The number of nitrogen functional groups attached to an aromatic ring is 1. The lowest BCUT2D eigenvalue weighted by molar-refractivity contribution is -0.384. The van der Waals surface area contributed by atoms with E-state index in [1.165, 1.54) is 0 Å². The van der Waals surface area contributed by atoms with Gasteiger partial charge in [0.1, 0.15) is 6.20 Å². The highest BCUT2D eigenvalue weighted by Gasteiger charge is 2.18. The van der Waals surface area contributed by atoms with Crippen molar-refractivity contribution in [2.75, 3.05) is 10.7 Å². The average molecular weight is 292 g/mol. The largest absolute Gasteiger partial charge is 0.360 e. The Morgan fingerprint density at radius 1 is 1.48 bits per heavy atom. The molecule has 2 aromatic rings. The standard InChI is InChI=1S/C11H16N8O2/c1-6-8(7(2)18(3)17-6)4-13-10-9(19(20)21)5-14-11(15-10)16-12/h5H,4,12H2,1-3H3,(H2,13,14,15,16). The predicted molar refractivity (Wildman–Crippen MR) is 76.5 cm³/mol. The van der Waals surface area contributed by atoms with Crippen LogP contribution in [-0.2, 0) is 13.6 Å². The zero-order chi connectivity index (χ0) is 15.6. The first-order valence-corrected chi connectivity index (χ1v) is 6.15. The van der Waals surface area contributed by atoms with Crippen molar-refractivity contribution in [3.63, 3.8) is 0 Å². The number of anilines is 2. The zero-order valence-corrected chi connectivity index (χ0v) is 11.9. The minimum absolute atomic E-state index is 0.0998. The fourth-order valence-electron chi connectivity index (χ4n) is 1.95. The second kappa shape index (κ2) is 5.71. The summed E-state index contributed by atoms with van der Waals surface area (Å²) in [6.07, 6.45) is 1.10. The molecular formula is C11H16N8O2. The van der Waals surface area contributed by atoms with Crippen LogP contribution in [0.3, 0.4) is 0 Å². The lowest BCUT2D eigenvalue weighted by atomic mass is 10.2. The van der Waals surface area contributed by atoms with Crippen LogP contribution in [-0.4, -0.2) is 24.7 Å². The number of hydrogen-bond donors (Lipinski definition) is 3. The van der Waals surface area contributed by atoms with E-state index in [0.29, 0.717) is 6.54 Å². The van der Waals surface area contributed by atoms with E-state index >= 15 is 0 Å². The highest BCUT2D eigenvalue weighted by molar-refractivity contribution is 5.57. The minimum atomic E-state index is -0.550. The van der Waals surface area contributed by atoms with Gasteiger partial charge in [0.15, 0.2) is 0 Å². The third-order valence-corrected chi connectivity index (χ3v) is 3.19. The molecule has 4 N–H and O–H groups in total. The molecule has 0 spiro atoms. The smallest absolute Gasteiger partial charge is 0.329 e. The average Bonchev–Trinajstić information content (AvgIpc) is 2.69. The minimum Gasteiger partial charge on any atom is -0.360 e. The Labute approximate surface area is 120 Å². The molecule has 0 aliphatic carbocycles. The molecule has 2 heterocycles. The molecule has 0 aromatic carbocycles. The van der Waals surface area contributed by atoms with Gasteiger partial charge in [-0.2, -0.15) is 10.1 Å². The second-order valence-corrected chi connectivity index (χ2v) is 4.46. The van der Waals surface area contributed by atoms with Gasteiger partial charge in [-0.25, -0.2) is 10.8 Å². The van der Waals surface area contributed by atoms with Crippen LogP contribution < -0.4 is 16.6 Å². The fourth-order valence-corrected chi connectivity index (χ4v) is 1.95. The molecular weight excluding hydrogens is 276 g/mol. The van der Waals surface area contributed by atoms with Crippen LogP contribution in [0, 0.1) is 24.0 Å². The molecule has 0 saturated carbocycles. The summed E-state index contributed by atoms with van der Waals surface area (Å²) in [7, 11) is 1.84. The van der Waals surface area contributed by atoms with Gasteiger partial charge in [0.2, 0.25) is 11.8 Å². The van der Waals surface area contributed by atoms with Gasteiger partial charge >= 0.3 is 5.69 Å². The number of nitrogens with two attached hydrogens (primary N) is 1. The maximum absolute atomic E-state index is 11.0. The monoisotopic (exact) mass is 292 g/mol. The summed E-state index contributed by atoms with van der Waals surface area (Å²) in [5.41, 5.74) is 4.85. The summed E-state index contributed by atoms with van der Waals surface area (Å²) in [6, 6.07) is 0. The first kappa shape index (κ1) is 14.7. The number of rotatable bonds is 5. The summed E-state index contributed by atoms with van der Waals surface area (Å²) in [6.45, 7) is 4.18. The van der Waals surface area contributed by atoms with Gasteiger partial charge in [0.25, 0.3) is 0 Å². The van der Waals surface area contributed by atoms with Gasteiger partial charge in [-0.05, 0) is 13.8 Å². The van der Waals surface area contributed by atoms with Gasteiger partial charge < -0.3 is 5.32 Å². The molecule has 0 bridgehead atoms. The molecule has 0 amide bonds. The number of nitrogens with zero attached hydrogens (tertiary/aromatic N) is 5. The van der Waals surface area contributed by atoms with Gasteiger partial charge in [-0.3, -0.25) is 20.2 Å². The Bertz CT molecular complexity index is 681. The predicted octanol–water partition coefficient (Wildman–Crippen LogP) is 0.633.